The predicted molar refractivity (Wildman–Crippen MR) is 83.6 cm³/mol. The molecule has 0 radical (unpaired) electrons. The van der Waals surface area contributed by atoms with E-state index in [4.69, 9.17) is 4.55 Å². The predicted octanol–water partition coefficient (Wildman–Crippen LogP) is 2.27. The average Bonchev–Trinajstić information content (AvgIpc) is 2.36. The second kappa shape index (κ2) is 6.89. The van der Waals surface area contributed by atoms with Gasteiger partial charge in [0.15, 0.2) is 0 Å². The van der Waals surface area contributed by atoms with Crippen LogP contribution >= 0.6 is 0 Å². The molecule has 0 saturated carbocycles. The highest BCUT2D eigenvalue weighted by atomic mass is 32.2. The molecule has 23 heavy (non-hydrogen) atoms. The maximum absolute atomic E-state index is 14.5. The summed E-state index contributed by atoms with van der Waals surface area (Å²) in [5, 5.41) is -4.69. The van der Waals surface area contributed by atoms with E-state index in [1.54, 1.807) is 13.8 Å². The van der Waals surface area contributed by atoms with E-state index in [0.717, 1.165) is 10.7 Å². The normalized spacial score (nSPS) is 27.6. The van der Waals surface area contributed by atoms with Crippen molar-refractivity contribution in [3.63, 3.8) is 0 Å². The van der Waals surface area contributed by atoms with Gasteiger partial charge in [-0.2, -0.15) is 12.7 Å². The molecule has 0 aliphatic carbocycles. The molecule has 10 heteroatoms. The van der Waals surface area contributed by atoms with E-state index in [2.05, 4.69) is 0 Å². The summed E-state index contributed by atoms with van der Waals surface area (Å²) in [6.07, 6.45) is 1.49. The van der Waals surface area contributed by atoms with Crippen molar-refractivity contribution in [1.82, 2.24) is 4.31 Å². The van der Waals surface area contributed by atoms with Gasteiger partial charge in [-0.15, -0.1) is 0 Å². The lowest BCUT2D eigenvalue weighted by Gasteiger charge is -2.41. The van der Waals surface area contributed by atoms with Gasteiger partial charge in [-0.1, -0.05) is 13.3 Å². The molecule has 1 saturated heterocycles. The van der Waals surface area contributed by atoms with Gasteiger partial charge in [0, 0.05) is 12.1 Å². The highest BCUT2D eigenvalue weighted by Gasteiger charge is 2.57. The van der Waals surface area contributed by atoms with Crippen LogP contribution in [0.25, 0.3) is 0 Å². The Hall–Kier alpha value is -0.320. The Kier molecular flexibility index (Phi) is 6.21. The van der Waals surface area contributed by atoms with E-state index in [1.165, 1.54) is 6.92 Å². The van der Waals surface area contributed by atoms with E-state index < -0.39 is 55.1 Å². The van der Waals surface area contributed by atoms with Crippen LogP contribution in [0.15, 0.2) is 0 Å². The highest BCUT2D eigenvalue weighted by Crippen LogP contribution is 2.38. The zero-order valence-corrected chi connectivity index (χ0v) is 15.4. The number of sulfonamides is 1. The Balaban J connectivity index is 3.31. The van der Waals surface area contributed by atoms with Gasteiger partial charge in [0.1, 0.15) is 10.5 Å². The number of rotatable bonds is 6. The first-order valence-corrected chi connectivity index (χ1v) is 10.6. The molecule has 4 atom stereocenters. The molecule has 0 aromatic heterocycles. The van der Waals surface area contributed by atoms with Crippen LogP contribution in [0.5, 0.6) is 0 Å². The van der Waals surface area contributed by atoms with Crippen LogP contribution in [0, 0.1) is 0 Å². The quantitative estimate of drug-likeness (QED) is 0.717. The number of hydrogen-bond donors (Lipinski definition) is 1. The molecular weight excluding hydrogens is 352 g/mol. The Labute approximate surface area is 137 Å². The van der Waals surface area contributed by atoms with Gasteiger partial charge < -0.3 is 0 Å². The SMILES string of the molecule is CCC(C(F)(F)C(C)S(=O)(=O)O)S(=O)(=O)N1C(C)CCCC1C. The van der Waals surface area contributed by atoms with Crippen LogP contribution in [0.4, 0.5) is 8.78 Å². The molecule has 4 unspecified atom stereocenters. The van der Waals surface area contributed by atoms with E-state index in [1.807, 2.05) is 0 Å². The number of alkyl halides is 2. The first kappa shape index (κ1) is 20.7. The number of halogens is 2. The second-order valence-electron chi connectivity index (χ2n) is 6.23. The largest absolute Gasteiger partial charge is 0.285 e. The van der Waals surface area contributed by atoms with Crippen molar-refractivity contribution in [2.45, 2.75) is 81.9 Å². The summed E-state index contributed by atoms with van der Waals surface area (Å²) in [6, 6.07) is -0.843. The van der Waals surface area contributed by atoms with Crippen LogP contribution in [-0.2, 0) is 20.1 Å². The monoisotopic (exact) mass is 377 g/mol. The summed E-state index contributed by atoms with van der Waals surface area (Å²) in [4.78, 5) is 0. The summed E-state index contributed by atoms with van der Waals surface area (Å²) in [5.41, 5.74) is 0. The molecule has 0 aromatic carbocycles. The minimum Gasteiger partial charge on any atom is -0.285 e. The minimum atomic E-state index is -5.07. The lowest BCUT2D eigenvalue weighted by Crippen LogP contribution is -2.58. The van der Waals surface area contributed by atoms with E-state index in [-0.39, 0.29) is 0 Å². The maximum atomic E-state index is 14.5. The molecule has 1 N–H and O–H groups in total. The zero-order valence-electron chi connectivity index (χ0n) is 13.7. The fourth-order valence-corrected chi connectivity index (χ4v) is 6.37. The molecule has 0 aromatic rings. The molecule has 0 spiro atoms. The van der Waals surface area contributed by atoms with Gasteiger partial charge in [-0.25, -0.2) is 17.2 Å². The van der Waals surface area contributed by atoms with Crippen molar-refractivity contribution in [3.05, 3.63) is 0 Å². The molecule has 6 nitrogen and oxygen atoms in total. The fourth-order valence-electron chi connectivity index (χ4n) is 3.19. The minimum absolute atomic E-state index is 0.422. The summed E-state index contributed by atoms with van der Waals surface area (Å²) in [6.45, 7) is 5.21. The standard InChI is InChI=1S/C13H25F2NO5S2/c1-5-12(13(14,15)11(4)23(19,20)21)22(17,18)16-9(2)7-6-8-10(16)3/h9-12H,5-8H2,1-4H3,(H,19,20,21). The van der Waals surface area contributed by atoms with Crippen molar-refractivity contribution in [3.8, 4) is 0 Å². The Morgan fingerprint density at radius 3 is 1.96 bits per heavy atom. The molecule has 1 rings (SSSR count). The van der Waals surface area contributed by atoms with Crippen molar-refractivity contribution in [2.75, 3.05) is 0 Å². The van der Waals surface area contributed by atoms with Crippen LogP contribution in [0.3, 0.4) is 0 Å². The smallest absolute Gasteiger partial charge is 0.284 e. The average molecular weight is 377 g/mol. The lowest BCUT2D eigenvalue weighted by atomic mass is 10.0. The van der Waals surface area contributed by atoms with Crippen molar-refractivity contribution < 1.29 is 30.2 Å². The number of hydrogen-bond acceptors (Lipinski definition) is 4. The Morgan fingerprint density at radius 1 is 1.17 bits per heavy atom. The molecule has 0 amide bonds. The topological polar surface area (TPSA) is 91.7 Å². The Bertz CT molecular complexity index is 610. The summed E-state index contributed by atoms with van der Waals surface area (Å²) in [5.74, 6) is -4.10. The van der Waals surface area contributed by atoms with Gasteiger partial charge in [-0.3, -0.25) is 4.55 Å². The van der Waals surface area contributed by atoms with Crippen LogP contribution in [0.2, 0.25) is 0 Å². The van der Waals surface area contributed by atoms with Gasteiger partial charge in [-0.05, 0) is 40.0 Å². The second-order valence-corrected chi connectivity index (χ2v) is 9.99. The fraction of sp³-hybridized carbons (Fsp3) is 1.00. The Morgan fingerprint density at radius 2 is 1.61 bits per heavy atom. The van der Waals surface area contributed by atoms with E-state index >= 15 is 0 Å². The first-order valence-electron chi connectivity index (χ1n) is 7.64. The van der Waals surface area contributed by atoms with Crippen LogP contribution in [-0.4, -0.2) is 54.2 Å². The highest BCUT2D eigenvalue weighted by molar-refractivity contribution is 7.90. The zero-order chi connectivity index (χ0) is 18.2. The third kappa shape index (κ3) is 4.02. The third-order valence-corrected chi connectivity index (χ3v) is 8.44. The maximum Gasteiger partial charge on any atom is 0.284 e. The molecule has 1 fully saturated rings. The molecule has 138 valence electrons. The van der Waals surface area contributed by atoms with Crippen molar-refractivity contribution >= 4 is 20.1 Å². The molecular formula is C13H25F2NO5S2. The molecule has 1 aliphatic rings. The van der Waals surface area contributed by atoms with Crippen LogP contribution in [0.1, 0.15) is 53.4 Å². The number of nitrogens with zero attached hydrogens (tertiary/aromatic N) is 1. The summed E-state index contributed by atoms with van der Waals surface area (Å²) >= 11 is 0. The summed E-state index contributed by atoms with van der Waals surface area (Å²) < 4.78 is 86.8. The molecule has 1 heterocycles. The molecule has 1 aliphatic heterocycles. The number of piperidine rings is 1. The third-order valence-electron chi connectivity index (χ3n) is 4.55. The summed E-state index contributed by atoms with van der Waals surface area (Å²) in [7, 11) is -9.49. The van der Waals surface area contributed by atoms with E-state index in [9.17, 15) is 25.6 Å². The van der Waals surface area contributed by atoms with Crippen molar-refractivity contribution in [1.29, 1.82) is 0 Å². The first-order chi connectivity index (χ1) is 10.3. The van der Waals surface area contributed by atoms with Gasteiger partial charge in [0.05, 0.1) is 0 Å². The van der Waals surface area contributed by atoms with Gasteiger partial charge >= 0.3 is 0 Å². The lowest BCUT2D eigenvalue weighted by molar-refractivity contribution is -0.00865. The van der Waals surface area contributed by atoms with E-state index in [0.29, 0.717) is 19.8 Å². The van der Waals surface area contributed by atoms with Gasteiger partial charge in [0.2, 0.25) is 10.0 Å². The molecule has 0 bridgehead atoms. The van der Waals surface area contributed by atoms with Gasteiger partial charge in [0.25, 0.3) is 16.0 Å². The van der Waals surface area contributed by atoms with Crippen LogP contribution < -0.4 is 0 Å². The van der Waals surface area contributed by atoms with Crippen molar-refractivity contribution in [2.24, 2.45) is 0 Å².